The molecule has 2 nitrogen and oxygen atoms in total. The first-order chi connectivity index (χ1) is 5.74. The predicted molar refractivity (Wildman–Crippen MR) is 52.4 cm³/mol. The van der Waals surface area contributed by atoms with Gasteiger partial charge in [-0.2, -0.15) is 0 Å². The molecule has 1 heterocycles. The summed E-state index contributed by atoms with van der Waals surface area (Å²) in [5.74, 6) is 0. The monoisotopic (exact) mass is 167 g/mol. The molecule has 2 heteroatoms. The Bertz CT molecular complexity index is 252. The van der Waals surface area contributed by atoms with Gasteiger partial charge >= 0.3 is 0 Å². The van der Waals surface area contributed by atoms with Gasteiger partial charge in [0.25, 0.3) is 0 Å². The fraction of sp³-hybridized carbons (Fsp3) is 0.500. The Hall–Kier alpha value is -1.05. The van der Waals surface area contributed by atoms with E-state index in [9.17, 15) is 4.79 Å². The molecule has 1 aromatic rings. The van der Waals surface area contributed by atoms with Crippen LogP contribution in [0.15, 0.2) is 23.1 Å². The molecule has 0 aromatic carbocycles. The maximum Gasteiger partial charge on any atom is 0.248 e. The molecule has 0 fully saturated rings. The number of rotatable bonds is 1. The zero-order valence-electron chi connectivity index (χ0n) is 8.05. The SMILES string of the molecule is CCC.CCc1cc[nH]c(=O)c1. The van der Waals surface area contributed by atoms with E-state index in [0.29, 0.717) is 0 Å². The van der Waals surface area contributed by atoms with Crippen molar-refractivity contribution in [2.24, 2.45) is 0 Å². The standard InChI is InChI=1S/C7H9NO.C3H8/c1-2-6-3-4-8-7(9)5-6;1-3-2/h3-5H,2H2,1H3,(H,8,9);3H2,1-2H3. The van der Waals surface area contributed by atoms with E-state index in [4.69, 9.17) is 0 Å². The van der Waals surface area contributed by atoms with E-state index in [1.54, 1.807) is 12.3 Å². The Morgan fingerprint density at radius 1 is 1.33 bits per heavy atom. The summed E-state index contributed by atoms with van der Waals surface area (Å²) >= 11 is 0. The van der Waals surface area contributed by atoms with Crippen LogP contribution in [0.4, 0.5) is 0 Å². The third-order valence-corrected chi connectivity index (χ3v) is 1.25. The molecule has 0 aliphatic rings. The highest BCUT2D eigenvalue weighted by atomic mass is 16.1. The molecular weight excluding hydrogens is 150 g/mol. The number of nitrogens with one attached hydrogen (secondary N) is 1. The lowest BCUT2D eigenvalue weighted by molar-refractivity contribution is 1.09. The maximum atomic E-state index is 10.6. The van der Waals surface area contributed by atoms with E-state index in [1.165, 1.54) is 6.42 Å². The van der Waals surface area contributed by atoms with Crippen molar-refractivity contribution in [3.8, 4) is 0 Å². The smallest absolute Gasteiger partial charge is 0.248 e. The van der Waals surface area contributed by atoms with Crippen molar-refractivity contribution in [1.82, 2.24) is 4.98 Å². The summed E-state index contributed by atoms with van der Waals surface area (Å²) < 4.78 is 0. The lowest BCUT2D eigenvalue weighted by Gasteiger charge is -1.89. The van der Waals surface area contributed by atoms with Crippen LogP contribution < -0.4 is 5.56 Å². The van der Waals surface area contributed by atoms with Crippen molar-refractivity contribution in [3.05, 3.63) is 34.2 Å². The third kappa shape index (κ3) is 4.72. The summed E-state index contributed by atoms with van der Waals surface area (Å²) in [6.07, 6.45) is 3.84. The van der Waals surface area contributed by atoms with E-state index in [1.807, 2.05) is 13.0 Å². The average molecular weight is 167 g/mol. The van der Waals surface area contributed by atoms with Crippen molar-refractivity contribution in [1.29, 1.82) is 0 Å². The van der Waals surface area contributed by atoms with Gasteiger partial charge in [0.1, 0.15) is 0 Å². The minimum Gasteiger partial charge on any atom is -0.329 e. The number of hydrogen-bond acceptors (Lipinski definition) is 1. The van der Waals surface area contributed by atoms with Crippen LogP contribution in [0.25, 0.3) is 0 Å². The molecule has 0 saturated heterocycles. The van der Waals surface area contributed by atoms with Crippen LogP contribution in [0.3, 0.4) is 0 Å². The molecule has 0 amide bonds. The molecule has 0 bridgehead atoms. The number of pyridine rings is 1. The highest BCUT2D eigenvalue weighted by molar-refractivity contribution is 5.08. The molecular formula is C10H17NO. The highest BCUT2D eigenvalue weighted by Gasteiger charge is 1.85. The summed E-state index contributed by atoms with van der Waals surface area (Å²) in [5, 5.41) is 0. The Labute approximate surface area is 73.6 Å². The first-order valence-corrected chi connectivity index (χ1v) is 4.42. The van der Waals surface area contributed by atoms with Gasteiger partial charge in [0, 0.05) is 12.3 Å². The van der Waals surface area contributed by atoms with Crippen LogP contribution in [-0.4, -0.2) is 4.98 Å². The molecule has 0 saturated carbocycles. The van der Waals surface area contributed by atoms with E-state index >= 15 is 0 Å². The van der Waals surface area contributed by atoms with Gasteiger partial charge in [-0.25, -0.2) is 0 Å². The van der Waals surface area contributed by atoms with Crippen LogP contribution in [0.5, 0.6) is 0 Å². The van der Waals surface area contributed by atoms with Gasteiger partial charge in [0.2, 0.25) is 5.56 Å². The fourth-order valence-electron chi connectivity index (χ4n) is 0.709. The first-order valence-electron chi connectivity index (χ1n) is 4.42. The first kappa shape index (κ1) is 11.0. The lowest BCUT2D eigenvalue weighted by atomic mass is 10.2. The minimum atomic E-state index is -0.0191. The molecule has 0 spiro atoms. The lowest BCUT2D eigenvalue weighted by Crippen LogP contribution is -2.02. The van der Waals surface area contributed by atoms with E-state index in [-0.39, 0.29) is 5.56 Å². The van der Waals surface area contributed by atoms with Crippen molar-refractivity contribution >= 4 is 0 Å². The topological polar surface area (TPSA) is 32.9 Å². The zero-order valence-corrected chi connectivity index (χ0v) is 8.05. The summed E-state index contributed by atoms with van der Waals surface area (Å²) in [4.78, 5) is 13.1. The van der Waals surface area contributed by atoms with Gasteiger partial charge in [0.05, 0.1) is 0 Å². The Balaban J connectivity index is 0.000000354. The van der Waals surface area contributed by atoms with Crippen molar-refractivity contribution in [2.75, 3.05) is 0 Å². The normalized spacial score (nSPS) is 8.58. The Morgan fingerprint density at radius 3 is 2.25 bits per heavy atom. The molecule has 1 N–H and O–H groups in total. The molecule has 0 unspecified atom stereocenters. The molecule has 0 atom stereocenters. The van der Waals surface area contributed by atoms with Crippen molar-refractivity contribution in [3.63, 3.8) is 0 Å². The molecule has 1 rings (SSSR count). The average Bonchev–Trinajstić information content (AvgIpc) is 2.06. The zero-order chi connectivity index (χ0) is 9.40. The molecule has 0 aliphatic heterocycles. The molecule has 1 aromatic heterocycles. The second-order valence-electron chi connectivity index (χ2n) is 2.62. The van der Waals surface area contributed by atoms with Crippen LogP contribution in [0, 0.1) is 0 Å². The van der Waals surface area contributed by atoms with Gasteiger partial charge in [0.15, 0.2) is 0 Å². The summed E-state index contributed by atoms with van der Waals surface area (Å²) in [7, 11) is 0. The van der Waals surface area contributed by atoms with Gasteiger partial charge in [-0.05, 0) is 18.1 Å². The minimum absolute atomic E-state index is 0.0191. The molecule has 0 aliphatic carbocycles. The van der Waals surface area contributed by atoms with Crippen LogP contribution >= 0.6 is 0 Å². The maximum absolute atomic E-state index is 10.6. The summed E-state index contributed by atoms with van der Waals surface area (Å²) in [6.45, 7) is 6.27. The Kier molecular flexibility index (Phi) is 6.07. The quantitative estimate of drug-likeness (QED) is 0.684. The number of aryl methyl sites for hydroxylation is 1. The highest BCUT2D eigenvalue weighted by Crippen LogP contribution is 1.91. The molecule has 12 heavy (non-hydrogen) atoms. The van der Waals surface area contributed by atoms with Gasteiger partial charge < -0.3 is 4.98 Å². The van der Waals surface area contributed by atoms with Crippen molar-refractivity contribution < 1.29 is 0 Å². The largest absolute Gasteiger partial charge is 0.329 e. The van der Waals surface area contributed by atoms with E-state index < -0.39 is 0 Å². The second kappa shape index (κ2) is 6.65. The third-order valence-electron chi connectivity index (χ3n) is 1.25. The van der Waals surface area contributed by atoms with E-state index in [0.717, 1.165) is 12.0 Å². The predicted octanol–water partition coefficient (Wildman–Crippen LogP) is 2.35. The number of aromatic amines is 1. The Morgan fingerprint density at radius 2 is 1.92 bits per heavy atom. The number of hydrogen-bond donors (Lipinski definition) is 1. The van der Waals surface area contributed by atoms with Crippen LogP contribution in [0.2, 0.25) is 0 Å². The van der Waals surface area contributed by atoms with Gasteiger partial charge in [-0.1, -0.05) is 27.2 Å². The van der Waals surface area contributed by atoms with Crippen LogP contribution in [0.1, 0.15) is 32.8 Å². The van der Waals surface area contributed by atoms with E-state index in [2.05, 4.69) is 18.8 Å². The van der Waals surface area contributed by atoms with Gasteiger partial charge in [-0.15, -0.1) is 0 Å². The summed E-state index contributed by atoms with van der Waals surface area (Å²) in [6, 6.07) is 3.52. The number of H-pyrrole nitrogens is 1. The summed E-state index contributed by atoms with van der Waals surface area (Å²) in [5.41, 5.74) is 1.06. The molecule has 68 valence electrons. The van der Waals surface area contributed by atoms with Crippen molar-refractivity contribution in [2.45, 2.75) is 33.6 Å². The van der Waals surface area contributed by atoms with Crippen LogP contribution in [-0.2, 0) is 6.42 Å². The number of aromatic nitrogens is 1. The second-order valence-corrected chi connectivity index (χ2v) is 2.62. The fourth-order valence-corrected chi connectivity index (χ4v) is 0.709. The molecule has 0 radical (unpaired) electrons. The van der Waals surface area contributed by atoms with Gasteiger partial charge in [-0.3, -0.25) is 4.79 Å².